The number of rotatable bonds is 0. The van der Waals surface area contributed by atoms with Gasteiger partial charge in [0.2, 0.25) is 6.08 Å². The lowest BCUT2D eigenvalue weighted by atomic mass is 11.7. The molecule has 48 valence electrons. The van der Waals surface area contributed by atoms with Gasteiger partial charge in [0.25, 0.3) is 0 Å². The molecule has 0 spiro atoms. The first-order chi connectivity index (χ1) is 3.41. The molecule has 0 atom stereocenters. The van der Waals surface area contributed by atoms with E-state index in [4.69, 9.17) is 29.4 Å². The highest BCUT2D eigenvalue weighted by atomic mass is 31.2. The quantitative estimate of drug-likeness (QED) is 0.195. The van der Waals surface area contributed by atoms with Crippen LogP contribution < -0.4 is 0 Å². The van der Waals surface area contributed by atoms with Crippen molar-refractivity contribution in [2.45, 2.75) is 0 Å². The van der Waals surface area contributed by atoms with Crippen LogP contribution in [0.3, 0.4) is 0 Å². The van der Waals surface area contributed by atoms with E-state index >= 15 is 0 Å². The Bertz CT molecular complexity index is 110. The van der Waals surface area contributed by atoms with E-state index in [-0.39, 0.29) is 0 Å². The van der Waals surface area contributed by atoms with Crippen LogP contribution in [0.1, 0.15) is 0 Å². The Labute approximate surface area is 44.5 Å². The number of hydrogen-bond acceptors (Lipinski definition) is 3. The molecule has 0 aliphatic carbocycles. The van der Waals surface area contributed by atoms with Gasteiger partial charge in [-0.25, -0.2) is 14.8 Å². The van der Waals surface area contributed by atoms with Crippen molar-refractivity contribution >= 4 is 13.9 Å². The molecule has 0 heterocycles. The molecule has 8 heavy (non-hydrogen) atoms. The smallest absolute Gasteiger partial charge is 0.303 e. The number of hydrogen-bond donors (Lipinski definition) is 4. The van der Waals surface area contributed by atoms with Crippen molar-refractivity contribution in [3.63, 3.8) is 0 Å². The molecule has 0 fully saturated rings. The van der Waals surface area contributed by atoms with E-state index in [0.29, 0.717) is 0 Å². The van der Waals surface area contributed by atoms with Crippen LogP contribution in [0, 0.1) is 5.41 Å². The molecule has 0 saturated heterocycles. The summed E-state index contributed by atoms with van der Waals surface area (Å²) in [5.41, 5.74) is 0. The van der Waals surface area contributed by atoms with Gasteiger partial charge < -0.3 is 14.7 Å². The van der Waals surface area contributed by atoms with E-state index in [1.165, 1.54) is 0 Å². The molecule has 0 amide bonds. The van der Waals surface area contributed by atoms with Crippen LogP contribution in [0.15, 0.2) is 0 Å². The molecule has 0 aliphatic heterocycles. The van der Waals surface area contributed by atoms with Crippen molar-refractivity contribution in [3.8, 4) is 0 Å². The van der Waals surface area contributed by atoms with Gasteiger partial charge in [-0.3, -0.25) is 0 Å². The van der Waals surface area contributed by atoms with Gasteiger partial charge in [-0.2, -0.15) is 0 Å². The molecule has 0 saturated carbocycles. The molecule has 0 aromatic carbocycles. The lowest BCUT2D eigenvalue weighted by Crippen LogP contribution is -1.66. The van der Waals surface area contributed by atoms with Gasteiger partial charge in [0.05, 0.1) is 0 Å². The molecular formula is CH4NO5P. The maximum atomic E-state index is 8.88. The number of carbonyl (C=O) groups excluding carboxylic acids is 1. The SMILES string of the molecule is N=C=O.O=P(O)(O)O. The molecule has 0 aromatic rings. The Hall–Kier alpha value is -0.510. The number of nitrogens with one attached hydrogen (secondary N) is 1. The Morgan fingerprint density at radius 1 is 1.38 bits per heavy atom. The van der Waals surface area contributed by atoms with Crippen LogP contribution in [-0.4, -0.2) is 20.8 Å². The normalized spacial score (nSPS) is 8.38. The van der Waals surface area contributed by atoms with Crippen molar-refractivity contribution in [1.82, 2.24) is 0 Å². The van der Waals surface area contributed by atoms with Gasteiger partial charge in [0.1, 0.15) is 0 Å². The van der Waals surface area contributed by atoms with Gasteiger partial charge in [-0.1, -0.05) is 0 Å². The Balaban J connectivity index is 0. The summed E-state index contributed by atoms with van der Waals surface area (Å²) < 4.78 is 8.88. The van der Waals surface area contributed by atoms with Crippen LogP contribution in [0.2, 0.25) is 0 Å². The van der Waals surface area contributed by atoms with Gasteiger partial charge in [0.15, 0.2) is 0 Å². The van der Waals surface area contributed by atoms with Gasteiger partial charge in [-0.15, -0.1) is 0 Å². The maximum Gasteiger partial charge on any atom is 0.466 e. The molecule has 4 N–H and O–H groups in total. The van der Waals surface area contributed by atoms with Crippen LogP contribution in [0.25, 0.3) is 0 Å². The lowest BCUT2D eigenvalue weighted by Gasteiger charge is -1.82. The molecule has 0 unspecified atom stereocenters. The first-order valence-electron chi connectivity index (χ1n) is 1.24. The predicted octanol–water partition coefficient (Wildman–Crippen LogP) is -1.03. The minimum Gasteiger partial charge on any atom is -0.303 e. The van der Waals surface area contributed by atoms with E-state index in [2.05, 4.69) is 0 Å². The molecule has 0 rings (SSSR count). The van der Waals surface area contributed by atoms with E-state index < -0.39 is 7.82 Å². The van der Waals surface area contributed by atoms with Crippen LogP contribution in [0.5, 0.6) is 0 Å². The molecule has 0 bridgehead atoms. The molecule has 0 aromatic heterocycles. The summed E-state index contributed by atoms with van der Waals surface area (Å²) in [4.78, 5) is 29.9. The standard InChI is InChI=1S/CHNO.H3O4P/c2-1-3;1-5(2,3)4/h2H;(H3,1,2,3,4). The topological polar surface area (TPSA) is 119 Å². The Morgan fingerprint density at radius 2 is 1.38 bits per heavy atom. The zero-order chi connectivity index (χ0) is 7.21. The van der Waals surface area contributed by atoms with Crippen molar-refractivity contribution in [2.75, 3.05) is 0 Å². The summed E-state index contributed by atoms with van der Waals surface area (Å²) in [7, 11) is -4.64. The third-order valence-electron chi connectivity index (χ3n) is 0. The molecule has 0 aliphatic rings. The van der Waals surface area contributed by atoms with E-state index in [1.54, 1.807) is 0 Å². The minimum absolute atomic E-state index is 0.750. The Morgan fingerprint density at radius 3 is 1.38 bits per heavy atom. The zero-order valence-corrected chi connectivity index (χ0v) is 4.50. The van der Waals surface area contributed by atoms with Crippen molar-refractivity contribution in [3.05, 3.63) is 0 Å². The highest BCUT2D eigenvalue weighted by molar-refractivity contribution is 7.45. The summed E-state index contributed by atoms with van der Waals surface area (Å²) in [6.45, 7) is 0. The fourth-order valence-corrected chi connectivity index (χ4v) is 0. The summed E-state index contributed by atoms with van der Waals surface area (Å²) in [6.07, 6.45) is 0.750. The third kappa shape index (κ3) is 426. The number of phosphoric acid groups is 1. The van der Waals surface area contributed by atoms with Crippen LogP contribution >= 0.6 is 7.82 Å². The Kier molecular flexibility index (Phi) is 6.08. The van der Waals surface area contributed by atoms with Gasteiger partial charge in [0, 0.05) is 0 Å². The van der Waals surface area contributed by atoms with Crippen LogP contribution in [0.4, 0.5) is 0 Å². The molecule has 0 radical (unpaired) electrons. The van der Waals surface area contributed by atoms with Crippen molar-refractivity contribution in [2.24, 2.45) is 0 Å². The van der Waals surface area contributed by atoms with Crippen molar-refractivity contribution in [1.29, 1.82) is 5.41 Å². The average Bonchev–Trinajstić information content (AvgIpc) is 1.27. The summed E-state index contributed by atoms with van der Waals surface area (Å²) in [5.74, 6) is 0. The van der Waals surface area contributed by atoms with Crippen LogP contribution in [-0.2, 0) is 9.36 Å². The highest BCUT2D eigenvalue weighted by Gasteiger charge is 2.00. The third-order valence-corrected chi connectivity index (χ3v) is 0. The van der Waals surface area contributed by atoms with Crippen molar-refractivity contribution < 1.29 is 24.0 Å². The summed E-state index contributed by atoms with van der Waals surface area (Å²) >= 11 is 0. The first-order valence-corrected chi connectivity index (χ1v) is 2.80. The first kappa shape index (κ1) is 10.5. The van der Waals surface area contributed by atoms with E-state index in [9.17, 15) is 0 Å². The fourth-order valence-electron chi connectivity index (χ4n) is 0. The molecular weight excluding hydrogens is 137 g/mol. The predicted molar refractivity (Wildman–Crippen MR) is 22.7 cm³/mol. The summed E-state index contributed by atoms with van der Waals surface area (Å²) in [5, 5.41) is 5.40. The fraction of sp³-hybridized carbons (Fsp3) is 0. The lowest BCUT2D eigenvalue weighted by molar-refractivity contribution is 0.275. The average molecular weight is 141 g/mol. The van der Waals surface area contributed by atoms with E-state index in [1.807, 2.05) is 0 Å². The number of isocyanates is 1. The second-order valence-electron chi connectivity index (χ2n) is 0.615. The molecule has 7 heteroatoms. The summed E-state index contributed by atoms with van der Waals surface area (Å²) in [6, 6.07) is 0. The maximum absolute atomic E-state index is 8.88. The zero-order valence-electron chi connectivity index (χ0n) is 3.61. The highest BCUT2D eigenvalue weighted by Crippen LogP contribution is 2.25. The second kappa shape index (κ2) is 4.64. The molecule has 6 nitrogen and oxygen atoms in total. The monoisotopic (exact) mass is 141 g/mol. The second-order valence-corrected chi connectivity index (χ2v) is 1.64. The van der Waals surface area contributed by atoms with Gasteiger partial charge in [-0.05, 0) is 0 Å². The van der Waals surface area contributed by atoms with Gasteiger partial charge >= 0.3 is 7.82 Å². The minimum atomic E-state index is -4.64. The largest absolute Gasteiger partial charge is 0.466 e. The van der Waals surface area contributed by atoms with E-state index in [0.717, 1.165) is 6.08 Å².